The second kappa shape index (κ2) is 10.6. The number of hydrogen-bond donors (Lipinski definition) is 0. The van der Waals surface area contributed by atoms with Crippen molar-refractivity contribution in [1.29, 1.82) is 0 Å². The Balaban J connectivity index is 3.95. The first-order chi connectivity index (χ1) is 8.65. The number of amides is 1. The molecule has 0 spiro atoms. The molecule has 0 atom stereocenters. The third-order valence-corrected chi connectivity index (χ3v) is 1.93. The van der Waals surface area contributed by atoms with Crippen LogP contribution in [-0.4, -0.2) is 43.5 Å². The van der Waals surface area contributed by atoms with Crippen molar-refractivity contribution < 1.29 is 23.9 Å². The average molecular weight is 259 g/mol. The predicted molar refractivity (Wildman–Crippen MR) is 65.7 cm³/mol. The summed E-state index contributed by atoms with van der Waals surface area (Å²) in [6.45, 7) is 7.90. The molecule has 0 aromatic heterocycles. The van der Waals surface area contributed by atoms with Gasteiger partial charge in [0.05, 0.1) is 13.2 Å². The molecule has 6 nitrogen and oxygen atoms in total. The lowest BCUT2D eigenvalue weighted by molar-refractivity contribution is -0.158. The van der Waals surface area contributed by atoms with E-state index in [0.29, 0.717) is 6.54 Å². The van der Waals surface area contributed by atoms with Crippen molar-refractivity contribution in [3.05, 3.63) is 12.7 Å². The number of nitrogens with zero attached hydrogens (tertiary/aromatic N) is 1. The van der Waals surface area contributed by atoms with Crippen molar-refractivity contribution in [1.82, 2.24) is 5.06 Å². The number of unbranched alkanes of at least 4 members (excludes halogenated alkanes) is 1. The lowest BCUT2D eigenvalue weighted by Gasteiger charge is -2.20. The van der Waals surface area contributed by atoms with E-state index in [9.17, 15) is 9.59 Å². The van der Waals surface area contributed by atoms with Crippen molar-refractivity contribution in [3.63, 3.8) is 0 Å². The molecule has 0 bridgehead atoms. The van der Waals surface area contributed by atoms with Gasteiger partial charge in [-0.3, -0.25) is 4.84 Å². The Morgan fingerprint density at radius 2 is 1.94 bits per heavy atom. The molecular weight excluding hydrogens is 238 g/mol. The van der Waals surface area contributed by atoms with Gasteiger partial charge in [0, 0.05) is 6.08 Å². The van der Waals surface area contributed by atoms with Crippen LogP contribution >= 0.6 is 0 Å². The number of esters is 1. The summed E-state index contributed by atoms with van der Waals surface area (Å²) in [5.41, 5.74) is 0. The monoisotopic (exact) mass is 259 g/mol. The van der Waals surface area contributed by atoms with E-state index in [1.54, 1.807) is 6.92 Å². The van der Waals surface area contributed by atoms with Gasteiger partial charge in [0.1, 0.15) is 13.2 Å². The highest BCUT2D eigenvalue weighted by Gasteiger charge is 2.14. The molecule has 0 rings (SSSR count). The number of ether oxygens (including phenoxy) is 2. The fourth-order valence-electron chi connectivity index (χ4n) is 1.05. The summed E-state index contributed by atoms with van der Waals surface area (Å²) in [6.07, 6.45) is 2.29. The van der Waals surface area contributed by atoms with Gasteiger partial charge in [-0.05, 0) is 13.3 Å². The maximum atomic E-state index is 11.5. The van der Waals surface area contributed by atoms with Crippen molar-refractivity contribution in [2.24, 2.45) is 0 Å². The van der Waals surface area contributed by atoms with Crippen molar-refractivity contribution in [2.45, 2.75) is 26.7 Å². The van der Waals surface area contributed by atoms with Gasteiger partial charge in [0.25, 0.3) is 0 Å². The van der Waals surface area contributed by atoms with E-state index >= 15 is 0 Å². The summed E-state index contributed by atoms with van der Waals surface area (Å²) in [6, 6.07) is 0. The zero-order valence-electron chi connectivity index (χ0n) is 11.0. The van der Waals surface area contributed by atoms with Crippen LogP contribution in [0.5, 0.6) is 0 Å². The molecule has 0 radical (unpaired) electrons. The fraction of sp³-hybridized carbons (Fsp3) is 0.667. The maximum Gasteiger partial charge on any atom is 0.433 e. The second-order valence-electron chi connectivity index (χ2n) is 3.36. The quantitative estimate of drug-likeness (QED) is 0.274. The third kappa shape index (κ3) is 7.67. The van der Waals surface area contributed by atoms with Gasteiger partial charge in [-0.15, -0.1) is 0 Å². The van der Waals surface area contributed by atoms with E-state index in [2.05, 4.69) is 6.58 Å². The van der Waals surface area contributed by atoms with Gasteiger partial charge in [-0.1, -0.05) is 19.9 Å². The molecule has 0 saturated heterocycles. The van der Waals surface area contributed by atoms with Crippen molar-refractivity contribution >= 4 is 12.1 Å². The molecule has 0 unspecified atom stereocenters. The summed E-state index contributed by atoms with van der Waals surface area (Å²) >= 11 is 0. The number of hydrogen-bond acceptors (Lipinski definition) is 5. The van der Waals surface area contributed by atoms with E-state index in [1.807, 2.05) is 6.92 Å². The van der Waals surface area contributed by atoms with Crippen molar-refractivity contribution in [2.75, 3.05) is 26.4 Å². The van der Waals surface area contributed by atoms with E-state index in [-0.39, 0.29) is 19.8 Å². The maximum absolute atomic E-state index is 11.5. The molecule has 0 aliphatic carbocycles. The Morgan fingerprint density at radius 3 is 2.50 bits per heavy atom. The highest BCUT2D eigenvalue weighted by Crippen LogP contribution is 2.00. The predicted octanol–water partition coefficient (Wildman–Crippen LogP) is 1.91. The van der Waals surface area contributed by atoms with Gasteiger partial charge in [0.15, 0.2) is 0 Å². The number of rotatable bonds is 9. The SMILES string of the molecule is C=CC(=O)OCCON(CCCC)C(=O)OCC. The van der Waals surface area contributed by atoms with Crippen LogP contribution in [0.4, 0.5) is 4.79 Å². The first-order valence-corrected chi connectivity index (χ1v) is 6.02. The first-order valence-electron chi connectivity index (χ1n) is 6.02. The molecule has 0 fully saturated rings. The molecule has 6 heteroatoms. The summed E-state index contributed by atoms with van der Waals surface area (Å²) < 4.78 is 9.56. The molecule has 0 aliphatic rings. The number of carbonyl (C=O) groups is 2. The lowest BCUT2D eigenvalue weighted by atomic mass is 10.3. The van der Waals surface area contributed by atoms with E-state index in [1.165, 1.54) is 0 Å². The highest BCUT2D eigenvalue weighted by atomic mass is 16.7. The largest absolute Gasteiger partial charge is 0.460 e. The molecule has 0 saturated carbocycles. The van der Waals surface area contributed by atoms with E-state index in [4.69, 9.17) is 14.3 Å². The molecule has 0 heterocycles. The summed E-state index contributed by atoms with van der Waals surface area (Å²) in [5.74, 6) is -0.519. The van der Waals surface area contributed by atoms with Crippen LogP contribution < -0.4 is 0 Å². The standard InChI is InChI=1S/C12H21NO5/c1-4-7-8-13(12(15)16-6-3)18-10-9-17-11(14)5-2/h5H,2,4,6-10H2,1,3H3. The minimum Gasteiger partial charge on any atom is -0.460 e. The molecule has 0 aliphatic heterocycles. The molecule has 104 valence electrons. The van der Waals surface area contributed by atoms with Crippen LogP contribution in [0.2, 0.25) is 0 Å². The van der Waals surface area contributed by atoms with Crippen LogP contribution in [0.25, 0.3) is 0 Å². The van der Waals surface area contributed by atoms with Crippen LogP contribution in [0.3, 0.4) is 0 Å². The smallest absolute Gasteiger partial charge is 0.433 e. The third-order valence-electron chi connectivity index (χ3n) is 1.93. The summed E-state index contributed by atoms with van der Waals surface area (Å²) in [4.78, 5) is 27.5. The van der Waals surface area contributed by atoms with Gasteiger partial charge in [0.2, 0.25) is 0 Å². The Bertz CT molecular complexity index is 267. The van der Waals surface area contributed by atoms with Gasteiger partial charge >= 0.3 is 12.1 Å². The van der Waals surface area contributed by atoms with Crippen LogP contribution in [0.1, 0.15) is 26.7 Å². The molecule has 0 N–H and O–H groups in total. The van der Waals surface area contributed by atoms with Crippen LogP contribution in [0, 0.1) is 0 Å². The van der Waals surface area contributed by atoms with Crippen molar-refractivity contribution in [3.8, 4) is 0 Å². The highest BCUT2D eigenvalue weighted by molar-refractivity contribution is 5.81. The zero-order valence-corrected chi connectivity index (χ0v) is 11.0. The summed E-state index contributed by atoms with van der Waals surface area (Å²) in [7, 11) is 0. The minimum atomic E-state index is -0.527. The van der Waals surface area contributed by atoms with Gasteiger partial charge in [-0.25, -0.2) is 9.59 Å². The Labute approximate surface area is 107 Å². The van der Waals surface area contributed by atoms with Crippen LogP contribution in [-0.2, 0) is 19.1 Å². The molecule has 18 heavy (non-hydrogen) atoms. The topological polar surface area (TPSA) is 65.1 Å². The summed E-state index contributed by atoms with van der Waals surface area (Å²) in [5, 5.41) is 1.15. The first kappa shape index (κ1) is 16.4. The van der Waals surface area contributed by atoms with Crippen LogP contribution in [0.15, 0.2) is 12.7 Å². The lowest BCUT2D eigenvalue weighted by Crippen LogP contribution is -2.34. The van der Waals surface area contributed by atoms with E-state index < -0.39 is 12.1 Å². The van der Waals surface area contributed by atoms with Gasteiger partial charge in [-0.2, -0.15) is 5.06 Å². The normalized spacial score (nSPS) is 9.67. The number of hydroxylamine groups is 2. The number of carbonyl (C=O) groups excluding carboxylic acids is 2. The molecule has 0 aromatic rings. The molecule has 0 aromatic carbocycles. The zero-order chi connectivity index (χ0) is 13.8. The average Bonchev–Trinajstić information content (AvgIpc) is 2.37. The van der Waals surface area contributed by atoms with E-state index in [0.717, 1.165) is 24.0 Å². The molecular formula is C12H21NO5. The van der Waals surface area contributed by atoms with Gasteiger partial charge < -0.3 is 9.47 Å². The molecule has 1 amide bonds. The Kier molecular flexibility index (Phi) is 9.67. The minimum absolute atomic E-state index is 0.0624. The Morgan fingerprint density at radius 1 is 1.22 bits per heavy atom. The second-order valence-corrected chi connectivity index (χ2v) is 3.36. The fourth-order valence-corrected chi connectivity index (χ4v) is 1.05. The Hall–Kier alpha value is -1.56.